The molecule has 3 atom stereocenters. The molecular formula is C9H20N2S. The van der Waals surface area contributed by atoms with Gasteiger partial charge in [0.25, 0.3) is 0 Å². The van der Waals surface area contributed by atoms with Crippen LogP contribution in [0, 0.1) is 5.41 Å². The Morgan fingerprint density at radius 1 is 1.42 bits per heavy atom. The summed E-state index contributed by atoms with van der Waals surface area (Å²) in [5.74, 6) is 1.02. The molecule has 3 unspecified atom stereocenters. The maximum atomic E-state index is 6.04. The smallest absolute Gasteiger partial charge is 0.0326 e. The second-order valence-electron chi connectivity index (χ2n) is 4.34. The molecule has 12 heavy (non-hydrogen) atoms. The zero-order valence-corrected chi connectivity index (χ0v) is 9.03. The van der Waals surface area contributed by atoms with E-state index in [1.165, 1.54) is 6.42 Å². The van der Waals surface area contributed by atoms with E-state index < -0.39 is 0 Å². The van der Waals surface area contributed by atoms with Gasteiger partial charge in [-0.2, -0.15) is 11.8 Å². The molecular weight excluding hydrogens is 168 g/mol. The van der Waals surface area contributed by atoms with Crippen molar-refractivity contribution >= 4 is 11.8 Å². The van der Waals surface area contributed by atoms with Crippen molar-refractivity contribution in [2.24, 2.45) is 16.9 Å². The number of rotatable bonds is 2. The van der Waals surface area contributed by atoms with Gasteiger partial charge in [0, 0.05) is 23.1 Å². The predicted molar refractivity (Wildman–Crippen MR) is 56.3 cm³/mol. The fraction of sp³-hybridized carbons (Fsp3) is 1.00. The van der Waals surface area contributed by atoms with Crippen LogP contribution in [0.25, 0.3) is 0 Å². The van der Waals surface area contributed by atoms with Crippen LogP contribution in [-0.4, -0.2) is 23.1 Å². The number of thioether (sulfide) groups is 1. The lowest BCUT2D eigenvalue weighted by Crippen LogP contribution is -2.48. The lowest BCUT2D eigenvalue weighted by molar-refractivity contribution is 0.304. The molecule has 4 N–H and O–H groups in total. The van der Waals surface area contributed by atoms with Crippen LogP contribution in [0.15, 0.2) is 0 Å². The second kappa shape index (κ2) is 3.56. The molecule has 0 amide bonds. The van der Waals surface area contributed by atoms with Gasteiger partial charge in [-0.3, -0.25) is 0 Å². The van der Waals surface area contributed by atoms with Gasteiger partial charge in [0.2, 0.25) is 0 Å². The second-order valence-corrected chi connectivity index (χ2v) is 5.51. The van der Waals surface area contributed by atoms with Crippen LogP contribution in [0.4, 0.5) is 0 Å². The summed E-state index contributed by atoms with van der Waals surface area (Å²) in [5.41, 5.74) is 12.2. The third-order valence-electron chi connectivity index (χ3n) is 2.99. The summed E-state index contributed by atoms with van der Waals surface area (Å²) < 4.78 is 0. The summed E-state index contributed by atoms with van der Waals surface area (Å²) in [6.45, 7) is 6.78. The Bertz CT molecular complexity index is 159. The van der Waals surface area contributed by atoms with Crippen LogP contribution in [-0.2, 0) is 0 Å². The van der Waals surface area contributed by atoms with Gasteiger partial charge in [0.1, 0.15) is 0 Å². The molecule has 0 aliphatic carbocycles. The van der Waals surface area contributed by atoms with Crippen LogP contribution in [0.2, 0.25) is 0 Å². The summed E-state index contributed by atoms with van der Waals surface area (Å²) in [4.78, 5) is 0. The average Bonchev–Trinajstić information content (AvgIpc) is 2.33. The maximum absolute atomic E-state index is 6.04. The summed E-state index contributed by atoms with van der Waals surface area (Å²) in [6.07, 6.45) is 1.17. The van der Waals surface area contributed by atoms with Gasteiger partial charge in [0.05, 0.1) is 0 Å². The van der Waals surface area contributed by atoms with Crippen molar-refractivity contribution in [2.45, 2.75) is 44.5 Å². The van der Waals surface area contributed by atoms with Crippen molar-refractivity contribution in [1.82, 2.24) is 0 Å². The van der Waals surface area contributed by atoms with Crippen molar-refractivity contribution in [2.75, 3.05) is 5.75 Å². The zero-order chi connectivity index (χ0) is 9.35. The Hall–Kier alpha value is 0.270. The number of hydrogen-bond donors (Lipinski definition) is 2. The van der Waals surface area contributed by atoms with Gasteiger partial charge in [-0.1, -0.05) is 20.8 Å². The van der Waals surface area contributed by atoms with Crippen molar-refractivity contribution in [3.8, 4) is 0 Å². The minimum Gasteiger partial charge on any atom is -0.326 e. The first-order valence-electron chi connectivity index (χ1n) is 4.62. The van der Waals surface area contributed by atoms with E-state index in [4.69, 9.17) is 11.5 Å². The van der Waals surface area contributed by atoms with E-state index in [0.29, 0.717) is 10.7 Å². The highest BCUT2D eigenvalue weighted by Crippen LogP contribution is 2.40. The van der Waals surface area contributed by atoms with Gasteiger partial charge in [-0.25, -0.2) is 0 Å². The third kappa shape index (κ3) is 1.78. The molecule has 0 aromatic heterocycles. The molecule has 1 rings (SSSR count). The Balaban J connectivity index is 2.64. The third-order valence-corrected chi connectivity index (χ3v) is 4.88. The van der Waals surface area contributed by atoms with Crippen LogP contribution < -0.4 is 11.5 Å². The molecule has 0 bridgehead atoms. The van der Waals surface area contributed by atoms with E-state index in [-0.39, 0.29) is 12.1 Å². The first-order valence-corrected chi connectivity index (χ1v) is 5.66. The summed E-state index contributed by atoms with van der Waals surface area (Å²) in [7, 11) is 0. The van der Waals surface area contributed by atoms with Crippen molar-refractivity contribution in [3.63, 3.8) is 0 Å². The highest BCUT2D eigenvalue weighted by molar-refractivity contribution is 8.00. The Morgan fingerprint density at radius 3 is 2.33 bits per heavy atom. The monoisotopic (exact) mass is 188 g/mol. The molecule has 0 aromatic rings. The first kappa shape index (κ1) is 10.4. The normalized spacial score (nSPS) is 37.2. The molecule has 0 aromatic carbocycles. The van der Waals surface area contributed by atoms with E-state index >= 15 is 0 Å². The van der Waals surface area contributed by atoms with Gasteiger partial charge in [-0.15, -0.1) is 0 Å². The highest BCUT2D eigenvalue weighted by Gasteiger charge is 2.40. The summed E-state index contributed by atoms with van der Waals surface area (Å²) >= 11 is 1.94. The largest absolute Gasteiger partial charge is 0.326 e. The predicted octanol–water partition coefficient (Wildman–Crippen LogP) is 1.19. The quantitative estimate of drug-likeness (QED) is 0.684. The number of hydrogen-bond acceptors (Lipinski definition) is 3. The summed E-state index contributed by atoms with van der Waals surface area (Å²) in [5, 5.41) is 0.539. The minimum absolute atomic E-state index is 0.185. The standard InChI is InChI=1S/C9H20N2S/c1-4-9(2,3)8-7(11)6(10)5-12-8/h6-8H,4-5,10-11H2,1-3H3. The van der Waals surface area contributed by atoms with Crippen molar-refractivity contribution < 1.29 is 0 Å². The van der Waals surface area contributed by atoms with E-state index in [2.05, 4.69) is 20.8 Å². The molecule has 0 radical (unpaired) electrons. The molecule has 1 saturated heterocycles. The maximum Gasteiger partial charge on any atom is 0.0326 e. The van der Waals surface area contributed by atoms with Crippen molar-refractivity contribution in [1.29, 1.82) is 0 Å². The van der Waals surface area contributed by atoms with Crippen LogP contribution in [0.1, 0.15) is 27.2 Å². The van der Waals surface area contributed by atoms with Crippen molar-refractivity contribution in [3.05, 3.63) is 0 Å². The molecule has 3 heteroatoms. The summed E-state index contributed by atoms with van der Waals surface area (Å²) in [6, 6.07) is 0.385. The van der Waals surface area contributed by atoms with E-state index in [1.807, 2.05) is 11.8 Å². The Morgan fingerprint density at radius 2 is 2.00 bits per heavy atom. The lowest BCUT2D eigenvalue weighted by atomic mass is 9.81. The SMILES string of the molecule is CCC(C)(C)C1SCC(N)C1N. The van der Waals surface area contributed by atoms with Crippen LogP contribution in [0.5, 0.6) is 0 Å². The molecule has 1 heterocycles. The molecule has 1 fully saturated rings. The first-order chi connectivity index (χ1) is 5.49. The molecule has 0 saturated carbocycles. The molecule has 2 nitrogen and oxygen atoms in total. The van der Waals surface area contributed by atoms with Gasteiger partial charge in [-0.05, 0) is 11.8 Å². The van der Waals surface area contributed by atoms with Crippen LogP contribution in [0.3, 0.4) is 0 Å². The molecule has 0 spiro atoms. The van der Waals surface area contributed by atoms with E-state index in [9.17, 15) is 0 Å². The number of nitrogens with two attached hydrogens (primary N) is 2. The molecule has 72 valence electrons. The van der Waals surface area contributed by atoms with E-state index in [1.54, 1.807) is 0 Å². The molecule has 1 aliphatic heterocycles. The Labute approximate surface area is 79.5 Å². The van der Waals surface area contributed by atoms with E-state index in [0.717, 1.165) is 5.75 Å². The average molecular weight is 188 g/mol. The topological polar surface area (TPSA) is 52.0 Å². The Kier molecular flexibility index (Phi) is 3.07. The van der Waals surface area contributed by atoms with Gasteiger partial charge in [0.15, 0.2) is 0 Å². The highest BCUT2D eigenvalue weighted by atomic mass is 32.2. The molecule has 1 aliphatic rings. The minimum atomic E-state index is 0.185. The van der Waals surface area contributed by atoms with Gasteiger partial charge >= 0.3 is 0 Å². The van der Waals surface area contributed by atoms with Crippen LogP contribution >= 0.6 is 11.8 Å². The van der Waals surface area contributed by atoms with Gasteiger partial charge < -0.3 is 11.5 Å². The zero-order valence-electron chi connectivity index (χ0n) is 8.21. The fourth-order valence-corrected chi connectivity index (χ4v) is 3.30. The lowest BCUT2D eigenvalue weighted by Gasteiger charge is -2.33. The fourth-order valence-electron chi connectivity index (χ4n) is 1.61.